The fraction of sp³-hybridized carbons (Fsp3) is 0.824. The van der Waals surface area contributed by atoms with Crippen LogP contribution in [0.4, 0.5) is 0 Å². The zero-order valence-electron chi connectivity index (χ0n) is 14.4. The molecule has 0 aromatic rings. The molecule has 0 rings (SSSR count). The Morgan fingerprint density at radius 2 is 1.04 bits per heavy atom. The Morgan fingerprint density at radius 1 is 0.609 bits per heavy atom. The van der Waals surface area contributed by atoms with Gasteiger partial charge in [-0.2, -0.15) is 0 Å². The summed E-state index contributed by atoms with van der Waals surface area (Å²) in [5.74, 6) is 0.294. The lowest BCUT2D eigenvalue weighted by molar-refractivity contribution is -0.119. The van der Waals surface area contributed by atoms with Gasteiger partial charge in [0.15, 0.2) is 5.96 Å². The lowest BCUT2D eigenvalue weighted by Crippen LogP contribution is -2.22. The molecule has 0 unspecified atom stereocenters. The van der Waals surface area contributed by atoms with Gasteiger partial charge >= 0.3 is 0 Å². The highest BCUT2D eigenvalue weighted by Gasteiger charge is 2.02. The molecular weight excluding hydrogens is 292 g/mol. The van der Waals surface area contributed by atoms with Crippen LogP contribution in [0.5, 0.6) is 0 Å². The lowest BCUT2D eigenvalue weighted by atomic mass is 10.0. The number of nitrogens with zero attached hydrogens (tertiary/aromatic N) is 1. The normalized spacial score (nSPS) is 10.4. The molecule has 6 N–H and O–H groups in total. The van der Waals surface area contributed by atoms with E-state index in [4.69, 9.17) is 17.2 Å². The second-order valence-corrected chi connectivity index (χ2v) is 6.10. The average molecular weight is 326 g/mol. The Morgan fingerprint density at radius 3 is 1.52 bits per heavy atom. The van der Waals surface area contributed by atoms with Crippen LogP contribution in [0.3, 0.4) is 0 Å². The summed E-state index contributed by atoms with van der Waals surface area (Å²) in [4.78, 5) is 26.2. The molecule has 0 aliphatic heterocycles. The summed E-state index contributed by atoms with van der Waals surface area (Å²) in [6.45, 7) is 0.649. The summed E-state index contributed by atoms with van der Waals surface area (Å²) in [6, 6.07) is 0. The van der Waals surface area contributed by atoms with E-state index >= 15 is 0 Å². The van der Waals surface area contributed by atoms with E-state index in [1.54, 1.807) is 0 Å². The summed E-state index contributed by atoms with van der Waals surface area (Å²) in [7, 11) is 0. The van der Waals surface area contributed by atoms with Crippen molar-refractivity contribution in [3.8, 4) is 0 Å². The Bertz CT molecular complexity index is 353. The number of carbonyl (C=O) groups is 2. The number of aliphatic imine (C=N–C) groups is 1. The number of carbonyl (C=O) groups excluding carboxylic acids is 2. The topological polar surface area (TPSA) is 125 Å². The Labute approximate surface area is 140 Å². The predicted octanol–water partition coefficient (Wildman–Crippen LogP) is 2.39. The summed E-state index contributed by atoms with van der Waals surface area (Å²) >= 11 is 0. The second kappa shape index (κ2) is 15.3. The zero-order chi connectivity index (χ0) is 17.3. The van der Waals surface area contributed by atoms with E-state index in [-0.39, 0.29) is 11.9 Å². The van der Waals surface area contributed by atoms with Gasteiger partial charge < -0.3 is 17.2 Å². The molecule has 0 bridgehead atoms. The number of hydrogen-bond acceptors (Lipinski definition) is 3. The van der Waals surface area contributed by atoms with Crippen molar-refractivity contribution in [3.63, 3.8) is 0 Å². The van der Waals surface area contributed by atoms with Gasteiger partial charge in [-0.15, -0.1) is 0 Å². The molecule has 0 saturated heterocycles. The van der Waals surface area contributed by atoms with Gasteiger partial charge in [-0.05, 0) is 25.7 Å². The standard InChI is InChI=1S/C17H34N4O2/c18-16(23)13-9-5-3-1-2-4-7-11-15(22)12-8-6-10-14-21-17(19)20/h1-14H2,(H2,18,23)(H4,19,20,21). The molecule has 6 heteroatoms. The number of guanidine groups is 1. The molecule has 0 fully saturated rings. The highest BCUT2D eigenvalue weighted by molar-refractivity contribution is 5.78. The van der Waals surface area contributed by atoms with Crippen molar-refractivity contribution < 1.29 is 9.59 Å². The first-order chi connectivity index (χ1) is 11.0. The van der Waals surface area contributed by atoms with Crippen LogP contribution in [0, 0.1) is 0 Å². The number of nitrogens with two attached hydrogens (primary N) is 3. The quantitative estimate of drug-likeness (QED) is 0.229. The van der Waals surface area contributed by atoms with Crippen LogP contribution >= 0.6 is 0 Å². The van der Waals surface area contributed by atoms with Crippen molar-refractivity contribution in [2.24, 2.45) is 22.2 Å². The molecule has 0 atom stereocenters. The van der Waals surface area contributed by atoms with Crippen LogP contribution in [0.15, 0.2) is 4.99 Å². The third kappa shape index (κ3) is 18.4. The van der Waals surface area contributed by atoms with Crippen molar-refractivity contribution in [1.29, 1.82) is 0 Å². The van der Waals surface area contributed by atoms with Crippen molar-refractivity contribution >= 4 is 17.6 Å². The third-order valence-electron chi connectivity index (χ3n) is 3.79. The first-order valence-electron chi connectivity index (χ1n) is 8.87. The molecule has 6 nitrogen and oxygen atoms in total. The molecule has 0 aromatic carbocycles. The first-order valence-corrected chi connectivity index (χ1v) is 8.87. The summed E-state index contributed by atoms with van der Waals surface area (Å²) in [6.07, 6.45) is 12.3. The van der Waals surface area contributed by atoms with Gasteiger partial charge in [-0.3, -0.25) is 14.6 Å². The summed E-state index contributed by atoms with van der Waals surface area (Å²) in [5, 5.41) is 0. The van der Waals surface area contributed by atoms with E-state index < -0.39 is 0 Å². The van der Waals surface area contributed by atoms with Crippen molar-refractivity contribution in [3.05, 3.63) is 0 Å². The molecule has 0 spiro atoms. The molecule has 23 heavy (non-hydrogen) atoms. The minimum absolute atomic E-state index is 0.133. The van der Waals surface area contributed by atoms with Gasteiger partial charge in [-0.1, -0.05) is 38.5 Å². The number of ketones is 1. The number of rotatable bonds is 16. The average Bonchev–Trinajstić information content (AvgIpc) is 2.48. The minimum Gasteiger partial charge on any atom is -0.370 e. The lowest BCUT2D eigenvalue weighted by Gasteiger charge is -2.02. The fourth-order valence-electron chi connectivity index (χ4n) is 2.45. The van der Waals surface area contributed by atoms with Crippen molar-refractivity contribution in [1.82, 2.24) is 0 Å². The van der Waals surface area contributed by atoms with Crippen LogP contribution in [-0.2, 0) is 9.59 Å². The molecule has 0 heterocycles. The predicted molar refractivity (Wildman–Crippen MR) is 94.9 cm³/mol. The van der Waals surface area contributed by atoms with E-state index in [1.165, 1.54) is 12.8 Å². The molecule has 0 saturated carbocycles. The SMILES string of the molecule is NC(=O)CCCCCCCCCC(=O)CCCCCN=C(N)N. The largest absolute Gasteiger partial charge is 0.370 e. The maximum absolute atomic E-state index is 11.7. The minimum atomic E-state index is -0.209. The van der Waals surface area contributed by atoms with Crippen LogP contribution in [0.25, 0.3) is 0 Å². The summed E-state index contributed by atoms with van der Waals surface area (Å²) in [5.41, 5.74) is 15.6. The molecule has 134 valence electrons. The van der Waals surface area contributed by atoms with Gasteiger partial charge in [-0.25, -0.2) is 0 Å². The second-order valence-electron chi connectivity index (χ2n) is 6.10. The monoisotopic (exact) mass is 326 g/mol. The Hall–Kier alpha value is -1.59. The van der Waals surface area contributed by atoms with E-state index in [1.807, 2.05) is 0 Å². The zero-order valence-corrected chi connectivity index (χ0v) is 14.4. The van der Waals surface area contributed by atoms with Crippen molar-refractivity contribution in [2.45, 2.75) is 83.5 Å². The Balaban J connectivity index is 3.24. The van der Waals surface area contributed by atoms with E-state index in [0.717, 1.165) is 51.4 Å². The number of primary amides is 1. The van der Waals surface area contributed by atoms with Crippen LogP contribution in [0.2, 0.25) is 0 Å². The van der Waals surface area contributed by atoms with Crippen LogP contribution in [-0.4, -0.2) is 24.2 Å². The van der Waals surface area contributed by atoms with Gasteiger partial charge in [0.2, 0.25) is 5.91 Å². The van der Waals surface area contributed by atoms with Crippen LogP contribution < -0.4 is 17.2 Å². The molecule has 1 amide bonds. The fourth-order valence-corrected chi connectivity index (χ4v) is 2.45. The highest BCUT2D eigenvalue weighted by atomic mass is 16.1. The number of Topliss-reactive ketones (excluding diaryl/α,β-unsaturated/α-hetero) is 1. The van der Waals surface area contributed by atoms with Crippen molar-refractivity contribution in [2.75, 3.05) is 6.54 Å². The molecule has 0 aliphatic carbocycles. The van der Waals surface area contributed by atoms with Gasteiger partial charge in [0, 0.05) is 25.8 Å². The molecule has 0 aliphatic rings. The van der Waals surface area contributed by atoms with Gasteiger partial charge in [0.1, 0.15) is 5.78 Å². The van der Waals surface area contributed by atoms with E-state index in [0.29, 0.717) is 31.6 Å². The number of unbranched alkanes of at least 4 members (excludes halogenated alkanes) is 8. The number of amides is 1. The van der Waals surface area contributed by atoms with Gasteiger partial charge in [0.25, 0.3) is 0 Å². The van der Waals surface area contributed by atoms with Gasteiger partial charge in [0.05, 0.1) is 0 Å². The molecular formula is C17H34N4O2. The molecule has 0 aromatic heterocycles. The maximum Gasteiger partial charge on any atom is 0.217 e. The van der Waals surface area contributed by atoms with E-state index in [9.17, 15) is 9.59 Å². The first kappa shape index (κ1) is 21.4. The molecule has 0 radical (unpaired) electrons. The van der Waals surface area contributed by atoms with Crippen LogP contribution in [0.1, 0.15) is 83.5 Å². The summed E-state index contributed by atoms with van der Waals surface area (Å²) < 4.78 is 0. The smallest absolute Gasteiger partial charge is 0.217 e. The maximum atomic E-state index is 11.7. The third-order valence-corrected chi connectivity index (χ3v) is 3.79. The number of hydrogen-bond donors (Lipinski definition) is 3. The van der Waals surface area contributed by atoms with E-state index in [2.05, 4.69) is 4.99 Å². The highest BCUT2D eigenvalue weighted by Crippen LogP contribution is 2.11. The Kier molecular flexibility index (Phi) is 14.3.